The quantitative estimate of drug-likeness (QED) is 0.714. The fourth-order valence-corrected chi connectivity index (χ4v) is 1.60. The van der Waals surface area contributed by atoms with Gasteiger partial charge in [-0.1, -0.05) is 29.8 Å². The molecule has 0 radical (unpaired) electrons. The number of rotatable bonds is 0. The Morgan fingerprint density at radius 3 is 2.79 bits per heavy atom. The molecule has 1 aromatic heterocycles. The van der Waals surface area contributed by atoms with Gasteiger partial charge in [0.1, 0.15) is 11.6 Å². The molecule has 0 aliphatic heterocycles. The topological polar surface area (TPSA) is 56.6 Å². The molecule has 2 aromatic rings. The van der Waals surface area contributed by atoms with Crippen LogP contribution >= 0.6 is 11.6 Å². The molecule has 0 saturated heterocycles. The van der Waals surface area contributed by atoms with E-state index in [4.69, 9.17) is 16.9 Å². The van der Waals surface area contributed by atoms with Crippen LogP contribution in [-0.4, -0.2) is 4.98 Å². The smallest absolute Gasteiger partial charge is 0.267 e. The van der Waals surface area contributed by atoms with Crippen molar-refractivity contribution in [2.45, 2.75) is 0 Å². The van der Waals surface area contributed by atoms with Gasteiger partial charge in [0.25, 0.3) is 5.56 Å². The number of hydrogen-bond donors (Lipinski definition) is 1. The third-order valence-electron chi connectivity index (χ3n) is 1.97. The van der Waals surface area contributed by atoms with Crippen molar-refractivity contribution < 1.29 is 0 Å². The maximum Gasteiger partial charge on any atom is 0.267 e. The van der Waals surface area contributed by atoms with E-state index in [9.17, 15) is 4.79 Å². The normalized spacial score (nSPS) is 10.0. The Hall–Kier alpha value is -1.79. The van der Waals surface area contributed by atoms with Crippen molar-refractivity contribution >= 4 is 22.5 Å². The van der Waals surface area contributed by atoms with E-state index in [2.05, 4.69) is 4.98 Å². The first-order chi connectivity index (χ1) is 6.74. The van der Waals surface area contributed by atoms with Gasteiger partial charge in [-0.3, -0.25) is 4.79 Å². The molecule has 0 bridgehead atoms. The van der Waals surface area contributed by atoms with E-state index in [1.165, 1.54) is 0 Å². The average Bonchev–Trinajstić information content (AvgIpc) is 2.18. The van der Waals surface area contributed by atoms with Gasteiger partial charge in [-0.25, -0.2) is 0 Å². The van der Waals surface area contributed by atoms with Gasteiger partial charge in [0.2, 0.25) is 0 Å². The van der Waals surface area contributed by atoms with Crippen LogP contribution in [0.3, 0.4) is 0 Å². The maximum absolute atomic E-state index is 11.3. The minimum Gasteiger partial charge on any atom is -0.321 e. The second-order valence-corrected chi connectivity index (χ2v) is 3.18. The molecule has 0 saturated carbocycles. The fraction of sp³-hybridized carbons (Fsp3) is 0. The van der Waals surface area contributed by atoms with Crippen LogP contribution in [0.25, 0.3) is 10.9 Å². The first-order valence-electron chi connectivity index (χ1n) is 3.94. The summed E-state index contributed by atoms with van der Waals surface area (Å²) in [5.41, 5.74) is 0.156. The molecule has 68 valence electrons. The van der Waals surface area contributed by atoms with Crippen LogP contribution in [0.1, 0.15) is 5.56 Å². The van der Waals surface area contributed by atoms with Gasteiger partial charge in [0, 0.05) is 10.9 Å². The SMILES string of the molecule is N#Cc1c(Cl)c2ccccc2[nH]c1=O. The summed E-state index contributed by atoms with van der Waals surface area (Å²) in [6.07, 6.45) is 0. The summed E-state index contributed by atoms with van der Waals surface area (Å²) in [6, 6.07) is 8.87. The Bertz CT molecular complexity index is 595. The summed E-state index contributed by atoms with van der Waals surface area (Å²) in [4.78, 5) is 13.9. The predicted octanol–water partition coefficient (Wildman–Crippen LogP) is 2.05. The Balaban J connectivity index is 3.02. The molecule has 1 heterocycles. The first kappa shape index (κ1) is 8.79. The van der Waals surface area contributed by atoms with E-state index >= 15 is 0 Å². The number of nitriles is 1. The number of nitrogens with zero attached hydrogens (tertiary/aromatic N) is 1. The van der Waals surface area contributed by atoms with Gasteiger partial charge >= 0.3 is 0 Å². The third-order valence-corrected chi connectivity index (χ3v) is 2.36. The van der Waals surface area contributed by atoms with Crippen LogP contribution in [0.4, 0.5) is 0 Å². The number of aromatic nitrogens is 1. The molecule has 0 aliphatic carbocycles. The molecule has 4 heteroatoms. The van der Waals surface area contributed by atoms with Crippen LogP contribution < -0.4 is 5.56 Å². The summed E-state index contributed by atoms with van der Waals surface area (Å²) >= 11 is 5.90. The summed E-state index contributed by atoms with van der Waals surface area (Å²) in [5.74, 6) is 0. The first-order valence-corrected chi connectivity index (χ1v) is 4.32. The number of benzene rings is 1. The van der Waals surface area contributed by atoms with Crippen molar-refractivity contribution in [1.82, 2.24) is 4.98 Å². The van der Waals surface area contributed by atoms with Gasteiger partial charge in [-0.15, -0.1) is 0 Å². The van der Waals surface area contributed by atoms with Crippen LogP contribution in [0.5, 0.6) is 0 Å². The number of aromatic amines is 1. The second-order valence-electron chi connectivity index (χ2n) is 2.80. The summed E-state index contributed by atoms with van der Waals surface area (Å²) in [7, 11) is 0. The molecular formula is C10H5ClN2O. The van der Waals surface area contributed by atoms with E-state index in [0.29, 0.717) is 10.9 Å². The Kier molecular flexibility index (Phi) is 1.99. The molecule has 1 N–H and O–H groups in total. The van der Waals surface area contributed by atoms with E-state index in [-0.39, 0.29) is 10.6 Å². The molecule has 0 fully saturated rings. The predicted molar refractivity (Wildman–Crippen MR) is 54.3 cm³/mol. The summed E-state index contributed by atoms with van der Waals surface area (Å²) < 4.78 is 0. The zero-order valence-corrected chi connectivity index (χ0v) is 7.80. The number of para-hydroxylation sites is 1. The van der Waals surface area contributed by atoms with Crippen molar-refractivity contribution in [2.24, 2.45) is 0 Å². The van der Waals surface area contributed by atoms with E-state index in [1.807, 2.05) is 0 Å². The second kappa shape index (κ2) is 3.17. The van der Waals surface area contributed by atoms with Crippen molar-refractivity contribution in [3.63, 3.8) is 0 Å². The number of hydrogen-bond acceptors (Lipinski definition) is 2. The van der Waals surface area contributed by atoms with Crippen molar-refractivity contribution in [2.75, 3.05) is 0 Å². The highest BCUT2D eigenvalue weighted by Crippen LogP contribution is 2.22. The Labute approximate surface area is 84.6 Å². The summed E-state index contributed by atoms with van der Waals surface area (Å²) in [6.45, 7) is 0. The Morgan fingerprint density at radius 1 is 1.36 bits per heavy atom. The number of fused-ring (bicyclic) bond motifs is 1. The van der Waals surface area contributed by atoms with Gasteiger partial charge < -0.3 is 4.98 Å². The standard InChI is InChI=1S/C10H5ClN2O/c11-9-6-3-1-2-4-8(6)13-10(14)7(9)5-12/h1-4H,(H,13,14). The van der Waals surface area contributed by atoms with E-state index in [1.54, 1.807) is 30.3 Å². The average molecular weight is 205 g/mol. The summed E-state index contributed by atoms with van der Waals surface area (Å²) in [5, 5.41) is 9.60. The third kappa shape index (κ3) is 1.17. The zero-order chi connectivity index (χ0) is 10.1. The monoisotopic (exact) mass is 204 g/mol. The van der Waals surface area contributed by atoms with E-state index in [0.717, 1.165) is 0 Å². The highest BCUT2D eigenvalue weighted by atomic mass is 35.5. The minimum absolute atomic E-state index is 0.0367. The van der Waals surface area contributed by atoms with Gasteiger partial charge in [-0.2, -0.15) is 5.26 Å². The molecule has 0 unspecified atom stereocenters. The molecule has 1 aromatic carbocycles. The van der Waals surface area contributed by atoms with Gasteiger partial charge in [-0.05, 0) is 6.07 Å². The van der Waals surface area contributed by atoms with E-state index < -0.39 is 5.56 Å². The number of H-pyrrole nitrogens is 1. The molecule has 2 rings (SSSR count). The van der Waals surface area contributed by atoms with Crippen LogP contribution in [0.15, 0.2) is 29.1 Å². The largest absolute Gasteiger partial charge is 0.321 e. The van der Waals surface area contributed by atoms with Crippen LogP contribution in [0.2, 0.25) is 5.02 Å². The van der Waals surface area contributed by atoms with Crippen molar-refractivity contribution in [3.8, 4) is 6.07 Å². The highest BCUT2D eigenvalue weighted by Gasteiger charge is 2.08. The lowest BCUT2D eigenvalue weighted by Crippen LogP contribution is -2.10. The minimum atomic E-state index is -0.448. The van der Waals surface area contributed by atoms with Crippen LogP contribution in [0, 0.1) is 11.3 Å². The fourth-order valence-electron chi connectivity index (χ4n) is 1.30. The maximum atomic E-state index is 11.3. The highest BCUT2D eigenvalue weighted by molar-refractivity contribution is 6.36. The van der Waals surface area contributed by atoms with Crippen molar-refractivity contribution in [1.29, 1.82) is 5.26 Å². The molecule has 3 nitrogen and oxygen atoms in total. The molecule has 0 aliphatic rings. The lowest BCUT2D eigenvalue weighted by molar-refractivity contribution is 1.27. The Morgan fingerprint density at radius 2 is 2.07 bits per heavy atom. The van der Waals surface area contributed by atoms with Crippen molar-refractivity contribution in [3.05, 3.63) is 45.2 Å². The number of nitrogens with one attached hydrogen (secondary N) is 1. The molecule has 0 amide bonds. The zero-order valence-electron chi connectivity index (χ0n) is 7.04. The lowest BCUT2D eigenvalue weighted by atomic mass is 10.2. The number of halogens is 1. The van der Waals surface area contributed by atoms with Crippen LogP contribution in [-0.2, 0) is 0 Å². The molecule has 0 spiro atoms. The lowest BCUT2D eigenvalue weighted by Gasteiger charge is -2.00. The molecule has 14 heavy (non-hydrogen) atoms. The molecule has 0 atom stereocenters. The van der Waals surface area contributed by atoms with Gasteiger partial charge in [0.05, 0.1) is 5.02 Å². The number of pyridine rings is 1. The molecular weight excluding hydrogens is 200 g/mol. The van der Waals surface area contributed by atoms with Gasteiger partial charge in [0.15, 0.2) is 0 Å².